The van der Waals surface area contributed by atoms with Crippen molar-refractivity contribution in [3.05, 3.63) is 195 Å². The molecule has 0 unspecified atom stereocenters. The standard InChI is InChI=1S/C24BF20.C17H13FNO/c26-5-1(6(27)14(35)21(42)13(5)34)25(2-7(28)15(36)22(43)16(37)8(2)29,3-9(30)17(38)23(44)18(39)10(3)31)4-11(32)19(40)24(45)20(41)12(4)33;18-15-9-4-10-16-14(15)8-5-11-19(16)12-17(20)13-6-2-1-3-7-13/h;1-11H,12H2/q-1;+1. The lowest BCUT2D eigenvalue weighted by atomic mass is 9.12. The van der Waals surface area contributed by atoms with Crippen LogP contribution in [-0.2, 0) is 6.54 Å². The third kappa shape index (κ3) is 7.36. The molecule has 1 heterocycles. The van der Waals surface area contributed by atoms with Gasteiger partial charge in [0.05, 0.1) is 5.39 Å². The van der Waals surface area contributed by atoms with Gasteiger partial charge in [-0.3, -0.25) is 4.79 Å². The number of nitrogens with zero attached hydrogens (tertiary/aromatic N) is 1. The molecule has 0 fully saturated rings. The van der Waals surface area contributed by atoms with Gasteiger partial charge in [0.15, 0.2) is 76.0 Å². The van der Waals surface area contributed by atoms with Crippen LogP contribution in [0.5, 0.6) is 0 Å². The molecule has 7 aromatic rings. The minimum Gasteiger partial charge on any atom is -0.287 e. The zero-order valence-corrected chi connectivity index (χ0v) is 30.9. The monoisotopic (exact) mass is 945 g/mol. The molecule has 2 nitrogen and oxygen atoms in total. The van der Waals surface area contributed by atoms with E-state index in [0.717, 1.165) is 5.52 Å². The van der Waals surface area contributed by atoms with E-state index in [9.17, 15) is 61.9 Å². The zero-order valence-electron chi connectivity index (χ0n) is 30.9. The highest BCUT2D eigenvalue weighted by Gasteiger charge is 2.52. The van der Waals surface area contributed by atoms with Crippen molar-refractivity contribution >= 4 is 44.7 Å². The molecule has 0 saturated carbocycles. The molecule has 338 valence electrons. The first-order valence-corrected chi connectivity index (χ1v) is 17.3. The highest BCUT2D eigenvalue weighted by molar-refractivity contribution is 7.20. The smallest absolute Gasteiger partial charge is 0.227 e. The number of hydrogen-bond donors (Lipinski definition) is 0. The van der Waals surface area contributed by atoms with E-state index >= 15 is 35.1 Å². The predicted octanol–water partition coefficient (Wildman–Crippen LogP) is 9.00. The maximum Gasteiger partial charge on any atom is 0.227 e. The lowest BCUT2D eigenvalue weighted by Gasteiger charge is -2.44. The number of halogens is 21. The second kappa shape index (κ2) is 17.5. The minimum atomic E-state index is -7.22. The molecular formula is C41H13BF21NO. The molecule has 0 atom stereocenters. The molecule has 65 heavy (non-hydrogen) atoms. The Hall–Kier alpha value is -7.01. The number of Topliss-reactive ketones (excluding diaryl/α,β-unsaturated/α-hetero) is 1. The van der Waals surface area contributed by atoms with Crippen LogP contribution in [0.25, 0.3) is 10.9 Å². The van der Waals surface area contributed by atoms with E-state index in [-0.39, 0.29) is 18.1 Å². The van der Waals surface area contributed by atoms with Crippen LogP contribution >= 0.6 is 0 Å². The summed E-state index contributed by atoms with van der Waals surface area (Å²) in [5, 5.41) is 0.524. The summed E-state index contributed by atoms with van der Waals surface area (Å²) in [6.45, 7) is 0.199. The Kier molecular flexibility index (Phi) is 12.8. The van der Waals surface area contributed by atoms with Gasteiger partial charge in [-0.25, -0.2) is 92.2 Å². The number of fused-ring (bicyclic) bond motifs is 1. The van der Waals surface area contributed by atoms with Gasteiger partial charge in [-0.05, 0) is 12.1 Å². The molecule has 0 N–H and O–H groups in total. The summed E-state index contributed by atoms with van der Waals surface area (Å²) in [4.78, 5) is 12.2. The minimum absolute atomic E-state index is 0.00682. The highest BCUT2D eigenvalue weighted by Crippen LogP contribution is 2.31. The van der Waals surface area contributed by atoms with Crippen LogP contribution in [-0.4, -0.2) is 11.9 Å². The van der Waals surface area contributed by atoms with E-state index in [0.29, 0.717) is 10.9 Å². The van der Waals surface area contributed by atoms with Gasteiger partial charge in [0, 0.05) is 17.7 Å². The number of carbonyl (C=O) groups is 1. The van der Waals surface area contributed by atoms with Gasteiger partial charge >= 0.3 is 0 Å². The van der Waals surface area contributed by atoms with Crippen LogP contribution in [0.15, 0.2) is 66.9 Å². The molecule has 0 spiro atoms. The second-order valence-corrected chi connectivity index (χ2v) is 13.4. The Morgan fingerprint density at radius 2 is 0.662 bits per heavy atom. The molecular weight excluding hydrogens is 932 g/mol. The number of rotatable bonds is 7. The molecule has 0 aliphatic heterocycles. The van der Waals surface area contributed by atoms with Crippen LogP contribution in [0, 0.1) is 122 Å². The third-order valence-corrected chi connectivity index (χ3v) is 9.99. The number of benzene rings is 6. The van der Waals surface area contributed by atoms with Gasteiger partial charge in [-0.2, -0.15) is 4.57 Å². The number of ketones is 1. The van der Waals surface area contributed by atoms with Gasteiger partial charge in [0.2, 0.25) is 17.8 Å². The SMILES string of the molecule is Fc1c(F)c(F)c([B-](c2c(F)c(F)c(F)c(F)c2F)(c2c(F)c(F)c(F)c(F)c2F)c2c(F)c(F)c(F)c(F)c2F)c(F)c1F.O=C(C[n+]1cccc2c(F)cccc21)c1ccccc1. The van der Waals surface area contributed by atoms with Crippen LogP contribution < -0.4 is 26.4 Å². The van der Waals surface area contributed by atoms with Crippen molar-refractivity contribution in [2.24, 2.45) is 0 Å². The first kappa shape index (κ1) is 47.5. The van der Waals surface area contributed by atoms with Crippen molar-refractivity contribution in [2.45, 2.75) is 6.54 Å². The van der Waals surface area contributed by atoms with Crippen LogP contribution in [0.2, 0.25) is 0 Å². The third-order valence-electron chi connectivity index (χ3n) is 9.99. The van der Waals surface area contributed by atoms with Crippen molar-refractivity contribution in [3.8, 4) is 0 Å². The van der Waals surface area contributed by atoms with E-state index in [1.807, 2.05) is 24.3 Å². The summed E-state index contributed by atoms with van der Waals surface area (Å²) in [6, 6.07) is 17.5. The molecule has 0 amide bonds. The Labute approximate surface area is 347 Å². The number of aromatic nitrogens is 1. The van der Waals surface area contributed by atoms with Gasteiger partial charge in [0.25, 0.3) is 0 Å². The Morgan fingerprint density at radius 1 is 0.354 bits per heavy atom. The lowest BCUT2D eigenvalue weighted by molar-refractivity contribution is -0.657. The Morgan fingerprint density at radius 3 is 0.985 bits per heavy atom. The quantitative estimate of drug-likeness (QED) is 0.0391. The second-order valence-electron chi connectivity index (χ2n) is 13.4. The van der Waals surface area contributed by atoms with E-state index < -0.39 is 144 Å². The average Bonchev–Trinajstić information content (AvgIpc) is 3.29. The molecule has 0 bridgehead atoms. The normalized spacial score (nSPS) is 11.6. The fraction of sp³-hybridized carbons (Fsp3) is 0.0244. The summed E-state index contributed by atoms with van der Waals surface area (Å²) < 4.78 is 309. The van der Waals surface area contributed by atoms with Crippen molar-refractivity contribution in [3.63, 3.8) is 0 Å². The van der Waals surface area contributed by atoms with Gasteiger partial charge in [-0.1, -0.05) is 36.4 Å². The van der Waals surface area contributed by atoms with E-state index in [1.54, 1.807) is 41.1 Å². The summed E-state index contributed by atoms with van der Waals surface area (Å²) in [6.07, 6.45) is -5.42. The summed E-state index contributed by atoms with van der Waals surface area (Å²) in [7, 11) is 0. The molecule has 0 radical (unpaired) electrons. The summed E-state index contributed by atoms with van der Waals surface area (Å²) >= 11 is 0. The fourth-order valence-corrected chi connectivity index (χ4v) is 7.15. The van der Waals surface area contributed by atoms with Gasteiger partial charge < -0.3 is 0 Å². The van der Waals surface area contributed by atoms with Gasteiger partial charge in [0.1, 0.15) is 58.5 Å². The zero-order chi connectivity index (χ0) is 48.3. The molecule has 1 aromatic heterocycles. The molecule has 7 rings (SSSR count). The predicted molar refractivity (Wildman–Crippen MR) is 184 cm³/mol. The van der Waals surface area contributed by atoms with Crippen LogP contribution in [0.3, 0.4) is 0 Å². The summed E-state index contributed by atoms with van der Waals surface area (Å²) in [5.41, 5.74) is -12.9. The topological polar surface area (TPSA) is 20.9 Å². The fourth-order valence-electron chi connectivity index (χ4n) is 7.15. The van der Waals surface area contributed by atoms with Crippen LogP contribution in [0.4, 0.5) is 92.2 Å². The molecule has 6 aromatic carbocycles. The maximum absolute atomic E-state index is 15.4. The molecule has 24 heteroatoms. The maximum atomic E-state index is 15.4. The molecule has 0 saturated heterocycles. The number of carbonyl (C=O) groups excluding carboxylic acids is 1. The highest BCUT2D eigenvalue weighted by atomic mass is 19.2. The van der Waals surface area contributed by atoms with E-state index in [1.165, 1.54) is 6.07 Å². The number of pyridine rings is 1. The lowest BCUT2D eigenvalue weighted by Crippen LogP contribution is -2.81. The van der Waals surface area contributed by atoms with Crippen molar-refractivity contribution in [1.82, 2.24) is 0 Å². The molecule has 0 aliphatic rings. The van der Waals surface area contributed by atoms with Crippen LogP contribution in [0.1, 0.15) is 10.4 Å². The van der Waals surface area contributed by atoms with Gasteiger partial charge in [-0.15, -0.1) is 21.9 Å². The molecule has 0 aliphatic carbocycles. The Balaban J connectivity index is 0.000000289. The number of hydrogen-bond acceptors (Lipinski definition) is 1. The van der Waals surface area contributed by atoms with Crippen molar-refractivity contribution in [2.75, 3.05) is 0 Å². The van der Waals surface area contributed by atoms with E-state index in [2.05, 4.69) is 0 Å². The largest absolute Gasteiger partial charge is 0.287 e. The van der Waals surface area contributed by atoms with Crippen molar-refractivity contribution < 1.29 is 102 Å². The van der Waals surface area contributed by atoms with Crippen molar-refractivity contribution in [1.29, 1.82) is 0 Å². The summed E-state index contributed by atoms with van der Waals surface area (Å²) in [5.74, 6) is -71.7. The average molecular weight is 945 g/mol. The first-order chi connectivity index (χ1) is 30.5. The first-order valence-electron chi connectivity index (χ1n) is 17.3. The van der Waals surface area contributed by atoms with E-state index in [4.69, 9.17) is 0 Å². The Bertz CT molecular complexity index is 2730.